The van der Waals surface area contributed by atoms with Crippen LogP contribution in [0.2, 0.25) is 0 Å². The molecule has 0 aromatic heterocycles. The van der Waals surface area contributed by atoms with Crippen LogP contribution < -0.4 is 5.32 Å². The lowest BCUT2D eigenvalue weighted by Crippen LogP contribution is -2.42. The number of carbonyl (C=O) groups is 1. The molecule has 0 rings (SSSR count). The number of ether oxygens (including phenoxy) is 1. The largest absolute Gasteiger partial charge is 0.453 e. The molecule has 0 saturated heterocycles. The van der Waals surface area contributed by atoms with E-state index in [1.807, 2.05) is 0 Å². The highest BCUT2D eigenvalue weighted by Gasteiger charge is 2.16. The van der Waals surface area contributed by atoms with E-state index in [0.29, 0.717) is 6.42 Å². The molecule has 5 nitrogen and oxygen atoms in total. The normalized spacial score (nSPS) is 12.8. The molecule has 0 aromatic carbocycles. The number of methoxy groups -OCH3 is 1. The van der Waals surface area contributed by atoms with Crippen LogP contribution in [0, 0.1) is 0 Å². The van der Waals surface area contributed by atoms with E-state index in [4.69, 9.17) is 10.2 Å². The van der Waals surface area contributed by atoms with Crippen molar-refractivity contribution in [2.75, 3.05) is 7.11 Å². The van der Waals surface area contributed by atoms with Crippen molar-refractivity contribution >= 4 is 6.09 Å². The highest BCUT2D eigenvalue weighted by molar-refractivity contribution is 5.67. The minimum Gasteiger partial charge on any atom is -0.453 e. The zero-order valence-electron chi connectivity index (χ0n) is 6.57. The first-order chi connectivity index (χ1) is 5.11. The minimum atomic E-state index is -1.54. The van der Waals surface area contributed by atoms with Gasteiger partial charge in [-0.15, -0.1) is 0 Å². The number of alkyl carbamates (subject to hydrolysis) is 1. The summed E-state index contributed by atoms with van der Waals surface area (Å²) in [6.45, 7) is 1.72. The number of aliphatic hydroxyl groups excluding tert-OH is 1. The Morgan fingerprint density at radius 2 is 2.18 bits per heavy atom. The Morgan fingerprint density at radius 1 is 1.64 bits per heavy atom. The number of amides is 1. The standard InChI is InChI=1S/C6H13NO4/c1-3-4(5(8)9)7-6(10)11-2/h4-5,8-9H,3H2,1-2H3,(H,7,10). The lowest BCUT2D eigenvalue weighted by atomic mass is 10.2. The molecular weight excluding hydrogens is 150 g/mol. The molecule has 0 saturated carbocycles. The quantitative estimate of drug-likeness (QED) is 0.487. The summed E-state index contributed by atoms with van der Waals surface area (Å²) in [6.07, 6.45) is -1.77. The molecule has 0 bridgehead atoms. The second kappa shape index (κ2) is 4.92. The first kappa shape index (κ1) is 10.2. The van der Waals surface area contributed by atoms with Crippen molar-refractivity contribution in [3.63, 3.8) is 0 Å². The van der Waals surface area contributed by atoms with Crippen molar-refractivity contribution in [2.45, 2.75) is 25.7 Å². The summed E-state index contributed by atoms with van der Waals surface area (Å²) < 4.78 is 4.26. The zero-order chi connectivity index (χ0) is 8.85. The van der Waals surface area contributed by atoms with E-state index in [1.54, 1.807) is 6.92 Å². The maximum atomic E-state index is 10.5. The van der Waals surface area contributed by atoms with Gasteiger partial charge in [0.25, 0.3) is 0 Å². The minimum absolute atomic E-state index is 0.437. The number of carbonyl (C=O) groups excluding carboxylic acids is 1. The fraction of sp³-hybridized carbons (Fsp3) is 0.833. The predicted octanol–water partition coefficient (Wildman–Crippen LogP) is -0.568. The molecule has 0 aliphatic carbocycles. The zero-order valence-corrected chi connectivity index (χ0v) is 6.57. The van der Waals surface area contributed by atoms with Crippen LogP contribution in [0.3, 0.4) is 0 Å². The molecule has 0 radical (unpaired) electrons. The number of aliphatic hydroxyl groups is 2. The molecule has 0 aromatic rings. The fourth-order valence-electron chi connectivity index (χ4n) is 0.598. The Morgan fingerprint density at radius 3 is 2.45 bits per heavy atom. The van der Waals surface area contributed by atoms with Gasteiger partial charge in [-0.1, -0.05) is 6.92 Å². The first-order valence-corrected chi connectivity index (χ1v) is 3.32. The summed E-state index contributed by atoms with van der Waals surface area (Å²) in [6, 6.07) is -0.664. The SMILES string of the molecule is CCC(NC(=O)OC)C(O)O. The summed E-state index contributed by atoms with van der Waals surface area (Å²) in [5, 5.41) is 19.5. The van der Waals surface area contributed by atoms with E-state index in [0.717, 1.165) is 0 Å². The fourth-order valence-corrected chi connectivity index (χ4v) is 0.598. The van der Waals surface area contributed by atoms with E-state index in [-0.39, 0.29) is 0 Å². The van der Waals surface area contributed by atoms with E-state index < -0.39 is 18.4 Å². The number of hydrogen-bond donors (Lipinski definition) is 3. The lowest BCUT2D eigenvalue weighted by Gasteiger charge is -2.17. The van der Waals surface area contributed by atoms with Crippen LogP contribution in [0.15, 0.2) is 0 Å². The van der Waals surface area contributed by atoms with E-state index in [2.05, 4.69) is 10.1 Å². The Hall–Kier alpha value is -0.810. The van der Waals surface area contributed by atoms with Gasteiger partial charge in [0.05, 0.1) is 13.2 Å². The van der Waals surface area contributed by atoms with E-state index in [9.17, 15) is 4.79 Å². The van der Waals surface area contributed by atoms with Crippen LogP contribution in [0.5, 0.6) is 0 Å². The third-order valence-electron chi connectivity index (χ3n) is 1.29. The van der Waals surface area contributed by atoms with Gasteiger partial charge in [-0.3, -0.25) is 0 Å². The third-order valence-corrected chi connectivity index (χ3v) is 1.29. The highest BCUT2D eigenvalue weighted by Crippen LogP contribution is 1.95. The van der Waals surface area contributed by atoms with Crippen molar-refractivity contribution in [2.24, 2.45) is 0 Å². The third kappa shape index (κ3) is 3.79. The van der Waals surface area contributed by atoms with Crippen LogP contribution in [0.1, 0.15) is 13.3 Å². The maximum Gasteiger partial charge on any atom is 0.407 e. The molecule has 3 N–H and O–H groups in total. The highest BCUT2D eigenvalue weighted by atomic mass is 16.5. The van der Waals surface area contributed by atoms with Gasteiger partial charge >= 0.3 is 6.09 Å². The molecule has 0 heterocycles. The summed E-state index contributed by atoms with van der Waals surface area (Å²) in [5.74, 6) is 0. The molecule has 5 heteroatoms. The molecule has 11 heavy (non-hydrogen) atoms. The topological polar surface area (TPSA) is 78.8 Å². The molecule has 1 amide bonds. The smallest absolute Gasteiger partial charge is 0.407 e. The summed E-state index contributed by atoms with van der Waals surface area (Å²) in [7, 11) is 1.21. The van der Waals surface area contributed by atoms with Gasteiger partial charge in [0.15, 0.2) is 6.29 Å². The summed E-state index contributed by atoms with van der Waals surface area (Å²) in [4.78, 5) is 10.5. The van der Waals surface area contributed by atoms with Crippen molar-refractivity contribution < 1.29 is 19.7 Å². The van der Waals surface area contributed by atoms with Gasteiger partial charge in [0.1, 0.15) is 0 Å². The number of rotatable bonds is 3. The Kier molecular flexibility index (Phi) is 4.56. The van der Waals surface area contributed by atoms with Crippen molar-refractivity contribution in [3.05, 3.63) is 0 Å². The number of hydrogen-bond acceptors (Lipinski definition) is 4. The van der Waals surface area contributed by atoms with E-state index >= 15 is 0 Å². The summed E-state index contributed by atoms with van der Waals surface area (Å²) >= 11 is 0. The predicted molar refractivity (Wildman–Crippen MR) is 37.8 cm³/mol. The van der Waals surface area contributed by atoms with Crippen LogP contribution >= 0.6 is 0 Å². The van der Waals surface area contributed by atoms with Gasteiger partial charge in [0.2, 0.25) is 0 Å². The Labute approximate surface area is 65.0 Å². The van der Waals surface area contributed by atoms with Crippen LogP contribution in [-0.2, 0) is 4.74 Å². The molecule has 0 aliphatic heterocycles. The van der Waals surface area contributed by atoms with E-state index in [1.165, 1.54) is 7.11 Å². The van der Waals surface area contributed by atoms with Gasteiger partial charge in [-0.25, -0.2) is 4.79 Å². The molecule has 1 unspecified atom stereocenters. The van der Waals surface area contributed by atoms with Crippen LogP contribution in [-0.4, -0.2) is 35.7 Å². The van der Waals surface area contributed by atoms with Gasteiger partial charge < -0.3 is 20.3 Å². The van der Waals surface area contributed by atoms with Crippen molar-refractivity contribution in [3.8, 4) is 0 Å². The number of nitrogens with one attached hydrogen (secondary N) is 1. The lowest BCUT2D eigenvalue weighted by molar-refractivity contribution is -0.0663. The average Bonchev–Trinajstić information content (AvgIpc) is 1.99. The monoisotopic (exact) mass is 163 g/mol. The maximum absolute atomic E-state index is 10.5. The second-order valence-corrected chi connectivity index (χ2v) is 2.06. The molecule has 0 fully saturated rings. The molecule has 1 atom stereocenters. The van der Waals surface area contributed by atoms with Gasteiger partial charge in [-0.05, 0) is 6.42 Å². The second-order valence-electron chi connectivity index (χ2n) is 2.06. The van der Waals surface area contributed by atoms with Crippen molar-refractivity contribution in [1.82, 2.24) is 5.32 Å². The Bertz CT molecular complexity index is 126. The average molecular weight is 163 g/mol. The molecular formula is C6H13NO4. The molecule has 0 aliphatic rings. The van der Waals surface area contributed by atoms with Gasteiger partial charge in [0, 0.05) is 0 Å². The van der Waals surface area contributed by atoms with Crippen LogP contribution in [0.4, 0.5) is 4.79 Å². The van der Waals surface area contributed by atoms with Crippen molar-refractivity contribution in [1.29, 1.82) is 0 Å². The van der Waals surface area contributed by atoms with Crippen LogP contribution in [0.25, 0.3) is 0 Å². The molecule has 0 spiro atoms. The summed E-state index contributed by atoms with van der Waals surface area (Å²) in [5.41, 5.74) is 0. The van der Waals surface area contributed by atoms with Gasteiger partial charge in [-0.2, -0.15) is 0 Å². The first-order valence-electron chi connectivity index (χ1n) is 3.32. The Balaban J connectivity index is 3.78. The molecule has 66 valence electrons.